The van der Waals surface area contributed by atoms with Gasteiger partial charge in [0.25, 0.3) is 0 Å². The topological polar surface area (TPSA) is 98.7 Å². The molecule has 3 aliphatic heterocycles. The molecule has 7 nitrogen and oxygen atoms in total. The van der Waals surface area contributed by atoms with Gasteiger partial charge in [0.1, 0.15) is 6.04 Å². The Kier molecular flexibility index (Phi) is 7.31. The second kappa shape index (κ2) is 10.4. The summed E-state index contributed by atoms with van der Waals surface area (Å²) in [7, 11) is 0. The van der Waals surface area contributed by atoms with E-state index in [1.807, 2.05) is 81.4 Å². The van der Waals surface area contributed by atoms with Crippen molar-refractivity contribution in [2.45, 2.75) is 74.2 Å². The van der Waals surface area contributed by atoms with E-state index < -0.39 is 34.2 Å². The standard InChI is InChI=1S/C30H37N3O4S/c1-29(2,3)32-27(36)25-30-15-14-22(38-30)23(26(35)31-17-20-12-8-5-9-13-20)24(30)28(37)33(25)21(18-34)16-19-10-6-4-7-11-19/h4-13,21-25,34H,14-18H2,1-3H3,(H,31,35)(H,32,36)/t21-,22-,23+,24+,25?,30?/m1/s1. The van der Waals surface area contributed by atoms with E-state index in [9.17, 15) is 19.5 Å². The van der Waals surface area contributed by atoms with Gasteiger partial charge < -0.3 is 20.6 Å². The van der Waals surface area contributed by atoms with Crippen molar-refractivity contribution >= 4 is 29.5 Å². The van der Waals surface area contributed by atoms with Crippen molar-refractivity contribution in [2.24, 2.45) is 11.8 Å². The van der Waals surface area contributed by atoms with Crippen molar-refractivity contribution in [3.05, 3.63) is 71.8 Å². The van der Waals surface area contributed by atoms with Gasteiger partial charge in [-0.05, 0) is 51.2 Å². The number of hydrogen-bond donors (Lipinski definition) is 3. The Morgan fingerprint density at radius 1 is 1.05 bits per heavy atom. The van der Waals surface area contributed by atoms with Crippen LogP contribution in [0.1, 0.15) is 44.7 Å². The van der Waals surface area contributed by atoms with Crippen LogP contribution in [0.4, 0.5) is 0 Å². The average molecular weight is 536 g/mol. The maximum atomic E-state index is 14.3. The van der Waals surface area contributed by atoms with Crippen LogP contribution in [0.3, 0.4) is 0 Å². The summed E-state index contributed by atoms with van der Waals surface area (Å²) in [6.45, 7) is 5.91. The fraction of sp³-hybridized carbons (Fsp3) is 0.500. The quantitative estimate of drug-likeness (QED) is 0.483. The molecule has 1 spiro atoms. The first-order valence-corrected chi connectivity index (χ1v) is 14.3. The lowest BCUT2D eigenvalue weighted by molar-refractivity contribution is -0.143. The molecule has 0 radical (unpaired) electrons. The first-order valence-electron chi connectivity index (χ1n) is 13.4. The van der Waals surface area contributed by atoms with Crippen molar-refractivity contribution in [3.63, 3.8) is 0 Å². The number of likely N-dealkylation sites (tertiary alicyclic amines) is 1. The third-order valence-corrected chi connectivity index (χ3v) is 9.97. The second-order valence-corrected chi connectivity index (χ2v) is 13.4. The van der Waals surface area contributed by atoms with E-state index in [2.05, 4.69) is 10.6 Å². The third-order valence-electron chi connectivity index (χ3n) is 8.02. The highest BCUT2D eigenvalue weighted by Crippen LogP contribution is 2.66. The van der Waals surface area contributed by atoms with Gasteiger partial charge in [-0.3, -0.25) is 14.4 Å². The predicted octanol–water partition coefficient (Wildman–Crippen LogP) is 2.91. The zero-order valence-electron chi connectivity index (χ0n) is 22.2. The molecule has 0 saturated carbocycles. The zero-order valence-corrected chi connectivity index (χ0v) is 23.0. The molecule has 2 bridgehead atoms. The number of benzene rings is 2. The fourth-order valence-electron chi connectivity index (χ4n) is 6.56. The molecule has 5 rings (SSSR count). The van der Waals surface area contributed by atoms with Crippen LogP contribution < -0.4 is 10.6 Å². The maximum absolute atomic E-state index is 14.3. The van der Waals surface area contributed by atoms with Crippen LogP contribution in [0, 0.1) is 11.8 Å². The van der Waals surface area contributed by atoms with Gasteiger partial charge in [0.15, 0.2) is 0 Å². The van der Waals surface area contributed by atoms with Gasteiger partial charge in [-0.1, -0.05) is 60.7 Å². The van der Waals surface area contributed by atoms with E-state index in [1.165, 1.54) is 0 Å². The molecule has 2 unspecified atom stereocenters. The SMILES string of the molecule is CC(C)(C)NC(=O)C1N([C@@H](CO)Cc2ccccc2)C(=O)[C@@H]2[C@@H](C(=O)NCc3ccccc3)[C@H]3CCC12S3. The second-order valence-electron chi connectivity index (χ2n) is 11.8. The molecule has 3 amide bonds. The minimum absolute atomic E-state index is 0.00601. The van der Waals surface area contributed by atoms with Gasteiger partial charge in [-0.15, -0.1) is 11.8 Å². The number of rotatable bonds is 8. The first kappa shape index (κ1) is 26.8. The summed E-state index contributed by atoms with van der Waals surface area (Å²) in [6, 6.07) is 18.1. The molecule has 8 heteroatoms. The van der Waals surface area contributed by atoms with Crippen molar-refractivity contribution < 1.29 is 19.5 Å². The van der Waals surface area contributed by atoms with Crippen molar-refractivity contribution in [1.29, 1.82) is 0 Å². The Bertz CT molecular complexity index is 1180. The molecule has 202 valence electrons. The third kappa shape index (κ3) is 4.84. The lowest BCUT2D eigenvalue weighted by atomic mass is 9.70. The van der Waals surface area contributed by atoms with Gasteiger partial charge in [0, 0.05) is 17.3 Å². The van der Waals surface area contributed by atoms with Gasteiger partial charge in [0.2, 0.25) is 17.7 Å². The molecule has 2 aromatic rings. The van der Waals surface area contributed by atoms with Crippen LogP contribution in [0.5, 0.6) is 0 Å². The number of hydrogen-bond acceptors (Lipinski definition) is 5. The normalized spacial score (nSPS) is 28.7. The minimum atomic E-state index is -0.748. The molecule has 6 atom stereocenters. The summed E-state index contributed by atoms with van der Waals surface area (Å²) in [6.07, 6.45) is 1.92. The summed E-state index contributed by atoms with van der Waals surface area (Å²) in [5.41, 5.74) is 1.50. The number of amides is 3. The van der Waals surface area contributed by atoms with E-state index in [1.54, 1.807) is 16.7 Å². The van der Waals surface area contributed by atoms with Crippen molar-refractivity contribution in [1.82, 2.24) is 15.5 Å². The maximum Gasteiger partial charge on any atom is 0.244 e. The molecular formula is C30H37N3O4S. The molecule has 2 aromatic carbocycles. The molecular weight excluding hydrogens is 498 g/mol. The molecule has 0 aromatic heterocycles. The lowest BCUT2D eigenvalue weighted by Crippen LogP contribution is -2.59. The van der Waals surface area contributed by atoms with Crippen LogP contribution in [0.2, 0.25) is 0 Å². The number of aliphatic hydroxyl groups excluding tert-OH is 1. The highest BCUT2D eigenvalue weighted by Gasteiger charge is 2.74. The number of aliphatic hydroxyl groups is 1. The predicted molar refractivity (Wildman–Crippen MR) is 148 cm³/mol. The minimum Gasteiger partial charge on any atom is -0.394 e. The molecule has 3 heterocycles. The van der Waals surface area contributed by atoms with Crippen LogP contribution in [-0.2, 0) is 27.3 Å². The van der Waals surface area contributed by atoms with Crippen molar-refractivity contribution in [2.75, 3.05) is 6.61 Å². The summed E-state index contributed by atoms with van der Waals surface area (Å²) in [4.78, 5) is 43.4. The van der Waals surface area contributed by atoms with Crippen LogP contribution in [-0.4, -0.2) is 62.0 Å². The number of carbonyl (C=O) groups excluding carboxylic acids is 3. The summed E-state index contributed by atoms with van der Waals surface area (Å²) < 4.78 is -0.685. The summed E-state index contributed by atoms with van der Waals surface area (Å²) in [5.74, 6) is -1.63. The molecule has 3 aliphatic rings. The van der Waals surface area contributed by atoms with E-state index >= 15 is 0 Å². The Morgan fingerprint density at radius 3 is 2.29 bits per heavy atom. The molecule has 3 fully saturated rings. The van der Waals surface area contributed by atoms with Crippen molar-refractivity contribution in [3.8, 4) is 0 Å². The van der Waals surface area contributed by atoms with Crippen LogP contribution in [0.25, 0.3) is 0 Å². The molecule has 38 heavy (non-hydrogen) atoms. The average Bonchev–Trinajstić information content (AvgIpc) is 3.53. The lowest BCUT2D eigenvalue weighted by Gasteiger charge is -2.38. The Labute approximate surface area is 228 Å². The first-order chi connectivity index (χ1) is 18.1. The zero-order chi connectivity index (χ0) is 27.1. The number of fused-ring (bicyclic) bond motifs is 1. The highest BCUT2D eigenvalue weighted by molar-refractivity contribution is 8.02. The van der Waals surface area contributed by atoms with E-state index in [0.717, 1.165) is 17.5 Å². The van der Waals surface area contributed by atoms with Gasteiger partial charge in [-0.2, -0.15) is 0 Å². The monoisotopic (exact) mass is 535 g/mol. The Hall–Kier alpha value is -2.84. The van der Waals surface area contributed by atoms with Crippen LogP contribution >= 0.6 is 11.8 Å². The molecule has 0 aliphatic carbocycles. The van der Waals surface area contributed by atoms with E-state index in [-0.39, 0.29) is 29.6 Å². The summed E-state index contributed by atoms with van der Waals surface area (Å²) >= 11 is 1.65. The van der Waals surface area contributed by atoms with Gasteiger partial charge in [-0.25, -0.2) is 0 Å². The Morgan fingerprint density at radius 2 is 1.68 bits per heavy atom. The number of thioether (sulfide) groups is 1. The number of carbonyl (C=O) groups is 3. The number of nitrogens with one attached hydrogen (secondary N) is 2. The van der Waals surface area contributed by atoms with Crippen LogP contribution in [0.15, 0.2) is 60.7 Å². The highest BCUT2D eigenvalue weighted by atomic mass is 32.2. The fourth-order valence-corrected chi connectivity index (χ4v) is 8.77. The van der Waals surface area contributed by atoms with E-state index in [4.69, 9.17) is 0 Å². The largest absolute Gasteiger partial charge is 0.394 e. The summed E-state index contributed by atoms with van der Waals surface area (Å²) in [5, 5.41) is 16.7. The Balaban J connectivity index is 1.47. The van der Waals surface area contributed by atoms with E-state index in [0.29, 0.717) is 19.4 Å². The number of nitrogens with zero attached hydrogens (tertiary/aromatic N) is 1. The molecule has 3 N–H and O–H groups in total. The van der Waals surface area contributed by atoms with Gasteiger partial charge >= 0.3 is 0 Å². The van der Waals surface area contributed by atoms with Gasteiger partial charge in [0.05, 0.1) is 29.2 Å². The molecule has 3 saturated heterocycles. The smallest absolute Gasteiger partial charge is 0.244 e.